The molecule has 64 heavy (non-hydrogen) atoms. The maximum absolute atomic E-state index is 4.93. The minimum absolute atomic E-state index is 0.795. The summed E-state index contributed by atoms with van der Waals surface area (Å²) >= 11 is -0.826. The molecule has 0 unspecified atom stereocenters. The molecule has 0 aromatic heterocycles. The normalized spacial score (nSPS) is 11.0. The van der Waals surface area contributed by atoms with E-state index in [2.05, 4.69) is 228 Å². The summed E-state index contributed by atoms with van der Waals surface area (Å²) < 4.78 is 0. The summed E-state index contributed by atoms with van der Waals surface area (Å²) in [6, 6.07) is 75.4. The predicted octanol–water partition coefficient (Wildman–Crippen LogP) is 16.0. The van der Waals surface area contributed by atoms with Crippen molar-refractivity contribution in [3.05, 3.63) is 229 Å². The van der Waals surface area contributed by atoms with Crippen LogP contribution in [0.5, 0.6) is 0 Å². The minimum Gasteiger partial charge on any atom is -0.184 e. The number of fused-ring (bicyclic) bond motifs is 5. The van der Waals surface area contributed by atoms with Crippen LogP contribution in [0.1, 0.15) is 36.1 Å². The van der Waals surface area contributed by atoms with E-state index in [9.17, 15) is 0 Å². The van der Waals surface area contributed by atoms with E-state index < -0.39 is 20.8 Å². The summed E-state index contributed by atoms with van der Waals surface area (Å²) in [6.45, 7) is 8.85. The molecule has 1 aliphatic rings. The Hall–Kier alpha value is -5.34. The summed E-state index contributed by atoms with van der Waals surface area (Å²) in [4.78, 5) is 0. The second-order valence-corrected chi connectivity index (χ2v) is 21.0. The molecule has 0 spiro atoms. The number of rotatable bonds is 6. The van der Waals surface area contributed by atoms with Crippen LogP contribution in [0.4, 0.5) is 0 Å². The molecule has 1 heterocycles. The Bertz CT molecular complexity index is 2910. The maximum atomic E-state index is 4.93. The van der Waals surface area contributed by atoms with Gasteiger partial charge in [-0.25, -0.2) is 0 Å². The van der Waals surface area contributed by atoms with Gasteiger partial charge in [-0.3, -0.25) is 0 Å². The van der Waals surface area contributed by atoms with E-state index in [1.54, 1.807) is 0 Å². The first kappa shape index (κ1) is 45.2. The largest absolute Gasteiger partial charge is 0.184 e. The topological polar surface area (TPSA) is 0 Å². The van der Waals surface area contributed by atoms with Crippen molar-refractivity contribution >= 4 is 58.5 Å². The van der Waals surface area contributed by atoms with E-state index in [1.165, 1.54) is 110 Å². The van der Waals surface area contributed by atoms with Crippen molar-refractivity contribution in [1.82, 2.24) is 0 Å². The Morgan fingerprint density at radius 1 is 0.469 bits per heavy atom. The third kappa shape index (κ3) is 9.97. The molecule has 0 saturated carbocycles. The van der Waals surface area contributed by atoms with Gasteiger partial charge in [0.1, 0.15) is 0 Å². The second kappa shape index (κ2) is 21.6. The van der Waals surface area contributed by atoms with Crippen LogP contribution in [0.15, 0.2) is 200 Å². The van der Waals surface area contributed by atoms with Crippen molar-refractivity contribution in [3.8, 4) is 55.6 Å². The SMILES string of the molecule is CCc1cc2c(-c3ccccc3C)c(-c3ccccc3)ccc2[cH-]1.CCc1cc2c(-c3ccccc3C)c(-c3ccccc3)ccc2[cH-]1.[Cl][Zr][Cl].[c-]1cccc2c1[Si]c1ccccc1-2. The van der Waals surface area contributed by atoms with Crippen molar-refractivity contribution in [2.24, 2.45) is 0 Å². The molecule has 1 aliphatic heterocycles. The minimum atomic E-state index is -0.826. The molecule has 314 valence electrons. The van der Waals surface area contributed by atoms with Crippen molar-refractivity contribution < 1.29 is 20.8 Å². The summed E-state index contributed by atoms with van der Waals surface area (Å²) in [7, 11) is 10.7. The zero-order chi connectivity index (χ0) is 44.4. The first-order valence-corrected chi connectivity index (χ1v) is 29.3. The van der Waals surface area contributed by atoms with E-state index in [0.717, 1.165) is 22.4 Å². The zero-order valence-electron chi connectivity index (χ0n) is 36.7. The smallest absolute Gasteiger partial charge is 0.0920 e. The van der Waals surface area contributed by atoms with E-state index in [1.807, 2.05) is 6.07 Å². The zero-order valence-corrected chi connectivity index (χ0v) is 41.7. The van der Waals surface area contributed by atoms with Gasteiger partial charge in [0.15, 0.2) is 0 Å². The van der Waals surface area contributed by atoms with Gasteiger partial charge in [0.2, 0.25) is 0 Å². The van der Waals surface area contributed by atoms with Gasteiger partial charge in [-0.1, -0.05) is 181 Å². The average molecular weight is 960 g/mol. The quantitative estimate of drug-likeness (QED) is 0.115. The molecule has 0 bridgehead atoms. The van der Waals surface area contributed by atoms with Crippen LogP contribution in [0.2, 0.25) is 0 Å². The molecule has 10 aromatic carbocycles. The van der Waals surface area contributed by atoms with Crippen LogP contribution >= 0.6 is 17.0 Å². The molecule has 0 saturated heterocycles. The third-order valence-electron chi connectivity index (χ3n) is 12.0. The molecule has 0 aliphatic carbocycles. The van der Waals surface area contributed by atoms with Gasteiger partial charge in [-0.15, -0.1) is 62.5 Å². The Morgan fingerprint density at radius 3 is 1.36 bits per heavy atom. The molecule has 0 nitrogen and oxygen atoms in total. The fraction of sp³-hybridized carbons (Fsp3) is 0.100. The van der Waals surface area contributed by atoms with E-state index >= 15 is 0 Å². The fourth-order valence-electron chi connectivity index (χ4n) is 8.83. The van der Waals surface area contributed by atoms with Crippen molar-refractivity contribution in [2.45, 2.75) is 40.5 Å². The van der Waals surface area contributed by atoms with Crippen LogP contribution in [0.3, 0.4) is 0 Å². The van der Waals surface area contributed by atoms with Crippen LogP contribution in [-0.4, -0.2) is 9.52 Å². The van der Waals surface area contributed by atoms with Gasteiger partial charge >= 0.3 is 37.9 Å². The Labute approximate surface area is 400 Å². The fourth-order valence-corrected chi connectivity index (χ4v) is 10.1. The molecule has 0 fully saturated rings. The first-order valence-electron chi connectivity index (χ1n) is 21.9. The molecular formula is C60H49Cl2SiZr-3. The Kier molecular flexibility index (Phi) is 15.2. The summed E-state index contributed by atoms with van der Waals surface area (Å²) in [5.41, 5.74) is 18.8. The first-order chi connectivity index (χ1) is 31.4. The number of hydrogen-bond acceptors (Lipinski definition) is 0. The number of aryl methyl sites for hydroxylation is 4. The monoisotopic (exact) mass is 957 g/mol. The van der Waals surface area contributed by atoms with Crippen molar-refractivity contribution in [1.29, 1.82) is 0 Å². The molecule has 4 heteroatoms. The third-order valence-corrected chi connectivity index (χ3v) is 13.4. The average Bonchev–Trinajstić information content (AvgIpc) is 4.08. The van der Waals surface area contributed by atoms with Crippen molar-refractivity contribution in [3.63, 3.8) is 0 Å². The van der Waals surface area contributed by atoms with Gasteiger partial charge in [-0.05, 0) is 71.2 Å². The number of benzene rings is 8. The predicted molar refractivity (Wildman–Crippen MR) is 276 cm³/mol. The molecular weight excluding hydrogens is 911 g/mol. The second-order valence-electron chi connectivity index (χ2n) is 16.0. The van der Waals surface area contributed by atoms with E-state index in [4.69, 9.17) is 17.0 Å². The van der Waals surface area contributed by atoms with Crippen LogP contribution in [0, 0.1) is 19.9 Å². The summed E-state index contributed by atoms with van der Waals surface area (Å²) in [5.74, 6) is 0. The number of halogens is 2. The van der Waals surface area contributed by atoms with Gasteiger partial charge in [0, 0.05) is 0 Å². The molecule has 10 aromatic rings. The summed E-state index contributed by atoms with van der Waals surface area (Å²) in [5, 5.41) is 8.23. The summed E-state index contributed by atoms with van der Waals surface area (Å²) in [6.07, 6.45) is 2.14. The molecule has 0 N–H and O–H groups in total. The van der Waals surface area contributed by atoms with Gasteiger partial charge in [0.25, 0.3) is 0 Å². The Balaban J connectivity index is 0.000000132. The van der Waals surface area contributed by atoms with Gasteiger partial charge < -0.3 is 0 Å². The van der Waals surface area contributed by atoms with Gasteiger partial charge in [-0.2, -0.15) is 41.6 Å². The standard InChI is InChI=1S/2C24H21.C12H7Si.2ClH.Zr/c2*1-3-18-15-20-13-14-22(19-10-5-4-6-11-19)24(23(20)16-18)21-12-8-7-9-17(21)2;1-3-7-11-9(5-1)10-6-2-4-8-12(10)13-11;;;/h2*4-16H,3H2,1-2H3;1-7H;2*1H;/q3*-1;;;+2/p-2. The van der Waals surface area contributed by atoms with E-state index in [0.29, 0.717) is 0 Å². The Morgan fingerprint density at radius 2 is 0.891 bits per heavy atom. The maximum Gasteiger partial charge on any atom is 0.0920 e. The number of hydrogen-bond donors (Lipinski definition) is 0. The molecule has 0 amide bonds. The van der Waals surface area contributed by atoms with Crippen LogP contribution in [-0.2, 0) is 33.7 Å². The van der Waals surface area contributed by atoms with Gasteiger partial charge in [0.05, 0.1) is 9.52 Å². The van der Waals surface area contributed by atoms with E-state index in [-0.39, 0.29) is 0 Å². The van der Waals surface area contributed by atoms with Crippen LogP contribution in [0.25, 0.3) is 77.2 Å². The molecule has 0 atom stereocenters. The molecule has 11 rings (SSSR count). The molecule has 2 radical (unpaired) electrons. The van der Waals surface area contributed by atoms with Crippen LogP contribution < -0.4 is 10.4 Å². The van der Waals surface area contributed by atoms with Crippen molar-refractivity contribution in [2.75, 3.05) is 0 Å².